The van der Waals surface area contributed by atoms with E-state index < -0.39 is 0 Å². The highest BCUT2D eigenvalue weighted by Crippen LogP contribution is 2.18. The molecule has 1 aromatic carbocycles. The molecule has 0 spiro atoms. The largest absolute Gasteiger partial charge is 0.350 e. The predicted molar refractivity (Wildman–Crippen MR) is 91.7 cm³/mol. The summed E-state index contributed by atoms with van der Waals surface area (Å²) in [5.41, 5.74) is 4.09. The Kier molecular flexibility index (Phi) is 4.43. The van der Waals surface area contributed by atoms with E-state index in [-0.39, 0.29) is 5.91 Å². The van der Waals surface area contributed by atoms with Crippen molar-refractivity contribution in [2.24, 2.45) is 0 Å². The van der Waals surface area contributed by atoms with E-state index in [1.54, 1.807) is 11.3 Å². The van der Waals surface area contributed by atoms with Gasteiger partial charge < -0.3 is 5.32 Å². The second-order valence-electron chi connectivity index (χ2n) is 5.63. The van der Waals surface area contributed by atoms with Gasteiger partial charge in [-0.15, -0.1) is 0 Å². The molecule has 0 bridgehead atoms. The lowest BCUT2D eigenvalue weighted by Crippen LogP contribution is -2.25. The number of imidazole rings is 1. The van der Waals surface area contributed by atoms with Crippen molar-refractivity contribution >= 4 is 22.2 Å². The predicted octanol–water partition coefficient (Wildman–Crippen LogP) is 2.83. The van der Waals surface area contributed by atoms with Crippen LogP contribution in [0.3, 0.4) is 0 Å². The average Bonchev–Trinajstić information content (AvgIpc) is 3.04. The third-order valence-electron chi connectivity index (χ3n) is 3.78. The lowest BCUT2D eigenvalue weighted by atomic mass is 10.1. The fourth-order valence-corrected chi connectivity index (χ4v) is 3.31. The van der Waals surface area contributed by atoms with Gasteiger partial charge in [-0.3, -0.25) is 4.79 Å². The lowest BCUT2D eigenvalue weighted by Gasteiger charge is -2.05. The van der Waals surface area contributed by atoms with E-state index in [9.17, 15) is 4.79 Å². The molecule has 0 saturated heterocycles. The zero-order valence-corrected chi connectivity index (χ0v) is 14.4. The minimum absolute atomic E-state index is 0.00847. The average molecular weight is 328 g/mol. The Balaban J connectivity index is 1.67. The Morgan fingerprint density at radius 2 is 2.00 bits per heavy atom. The van der Waals surface area contributed by atoms with Gasteiger partial charge in [-0.25, -0.2) is 9.50 Å². The highest BCUT2D eigenvalue weighted by molar-refractivity contribution is 7.16. The van der Waals surface area contributed by atoms with E-state index >= 15 is 0 Å². The minimum Gasteiger partial charge on any atom is -0.350 e. The van der Waals surface area contributed by atoms with Crippen molar-refractivity contribution in [3.05, 3.63) is 51.8 Å². The van der Waals surface area contributed by atoms with Gasteiger partial charge in [0, 0.05) is 0 Å². The van der Waals surface area contributed by atoms with Gasteiger partial charge in [-0.2, -0.15) is 5.10 Å². The maximum atomic E-state index is 12.1. The SMILES string of the molecule is CCc1nn2c(CNC(=O)Cc3ccc(C)cc3)c(C)nc2s1. The van der Waals surface area contributed by atoms with Gasteiger partial charge in [0.25, 0.3) is 0 Å². The van der Waals surface area contributed by atoms with Crippen LogP contribution in [0.1, 0.15) is 34.4 Å². The molecule has 0 unspecified atom stereocenters. The Bertz CT molecular complexity index is 832. The quantitative estimate of drug-likeness (QED) is 0.783. The molecule has 2 aromatic heterocycles. The third-order valence-corrected chi connectivity index (χ3v) is 4.83. The van der Waals surface area contributed by atoms with Crippen molar-refractivity contribution in [2.45, 2.75) is 40.2 Å². The molecule has 0 fully saturated rings. The molecule has 1 N–H and O–H groups in total. The first-order valence-corrected chi connectivity index (χ1v) is 8.54. The second kappa shape index (κ2) is 6.50. The van der Waals surface area contributed by atoms with Gasteiger partial charge in [0.1, 0.15) is 5.01 Å². The van der Waals surface area contributed by atoms with E-state index in [1.165, 1.54) is 5.56 Å². The first-order chi connectivity index (χ1) is 11.1. The number of amides is 1. The number of fused-ring (bicyclic) bond motifs is 1. The molecule has 3 aromatic rings. The van der Waals surface area contributed by atoms with E-state index in [0.29, 0.717) is 13.0 Å². The molecule has 23 heavy (non-hydrogen) atoms. The topological polar surface area (TPSA) is 59.3 Å². The molecule has 0 atom stereocenters. The van der Waals surface area contributed by atoms with Gasteiger partial charge in [-0.05, 0) is 25.8 Å². The van der Waals surface area contributed by atoms with E-state index in [0.717, 1.165) is 33.3 Å². The van der Waals surface area contributed by atoms with E-state index in [1.807, 2.05) is 42.6 Å². The molecular weight excluding hydrogens is 308 g/mol. The Morgan fingerprint density at radius 1 is 1.26 bits per heavy atom. The van der Waals surface area contributed by atoms with E-state index in [4.69, 9.17) is 0 Å². The van der Waals surface area contributed by atoms with Crippen LogP contribution < -0.4 is 5.32 Å². The molecule has 0 radical (unpaired) electrons. The summed E-state index contributed by atoms with van der Waals surface area (Å²) >= 11 is 1.60. The number of nitrogens with zero attached hydrogens (tertiary/aromatic N) is 3. The fraction of sp³-hybridized carbons (Fsp3) is 0.353. The molecule has 120 valence electrons. The highest BCUT2D eigenvalue weighted by Gasteiger charge is 2.14. The number of carbonyl (C=O) groups excluding carboxylic acids is 1. The van der Waals surface area contributed by atoms with Crippen LogP contribution in [0.4, 0.5) is 0 Å². The number of rotatable bonds is 5. The van der Waals surface area contributed by atoms with Crippen LogP contribution in [0.15, 0.2) is 24.3 Å². The summed E-state index contributed by atoms with van der Waals surface area (Å²) in [6.45, 7) is 6.52. The van der Waals surface area contributed by atoms with Crippen LogP contribution >= 0.6 is 11.3 Å². The molecule has 5 nitrogen and oxygen atoms in total. The molecule has 1 amide bonds. The number of benzene rings is 1. The maximum absolute atomic E-state index is 12.1. The van der Waals surface area contributed by atoms with Crippen molar-refractivity contribution in [2.75, 3.05) is 0 Å². The molecule has 6 heteroatoms. The molecule has 2 heterocycles. The van der Waals surface area contributed by atoms with Crippen LogP contribution in [0.25, 0.3) is 4.96 Å². The van der Waals surface area contributed by atoms with Crippen LogP contribution in [-0.4, -0.2) is 20.5 Å². The highest BCUT2D eigenvalue weighted by atomic mass is 32.1. The molecule has 3 rings (SSSR count). The van der Waals surface area contributed by atoms with Crippen LogP contribution in [-0.2, 0) is 24.2 Å². The number of hydrogen-bond donors (Lipinski definition) is 1. The number of nitrogens with one attached hydrogen (secondary N) is 1. The smallest absolute Gasteiger partial charge is 0.224 e. The first-order valence-electron chi connectivity index (χ1n) is 7.73. The van der Waals surface area contributed by atoms with Crippen LogP contribution in [0, 0.1) is 13.8 Å². The number of aromatic nitrogens is 3. The van der Waals surface area contributed by atoms with Crippen molar-refractivity contribution < 1.29 is 4.79 Å². The second-order valence-corrected chi connectivity index (χ2v) is 6.67. The van der Waals surface area contributed by atoms with E-state index in [2.05, 4.69) is 22.3 Å². The number of aryl methyl sites for hydroxylation is 3. The summed E-state index contributed by atoms with van der Waals surface area (Å²) in [6.07, 6.45) is 1.28. The first kappa shape index (κ1) is 15.7. The Labute approximate surface area is 139 Å². The van der Waals surface area contributed by atoms with Crippen molar-refractivity contribution in [3.8, 4) is 0 Å². The summed E-state index contributed by atoms with van der Waals surface area (Å²) in [5.74, 6) is 0.00847. The minimum atomic E-state index is 0.00847. The van der Waals surface area contributed by atoms with Gasteiger partial charge >= 0.3 is 0 Å². The Hall–Kier alpha value is -2.21. The third kappa shape index (κ3) is 3.42. The van der Waals surface area contributed by atoms with Gasteiger partial charge in [0.05, 0.1) is 24.4 Å². The summed E-state index contributed by atoms with van der Waals surface area (Å²) < 4.78 is 1.85. The molecule has 0 saturated carbocycles. The van der Waals surface area contributed by atoms with Crippen molar-refractivity contribution in [1.82, 2.24) is 19.9 Å². The maximum Gasteiger partial charge on any atom is 0.224 e. The van der Waals surface area contributed by atoms with Gasteiger partial charge in [-0.1, -0.05) is 48.1 Å². The lowest BCUT2D eigenvalue weighted by molar-refractivity contribution is -0.120. The standard InChI is InChI=1S/C17H20N4OS/c1-4-16-20-21-14(12(3)19-17(21)23-16)10-18-15(22)9-13-7-5-11(2)6-8-13/h5-8H,4,9-10H2,1-3H3,(H,18,22). The zero-order valence-electron chi connectivity index (χ0n) is 13.6. The zero-order chi connectivity index (χ0) is 16.4. The molecule has 0 aliphatic heterocycles. The van der Waals surface area contributed by atoms with Gasteiger partial charge in [0.15, 0.2) is 0 Å². The number of hydrogen-bond acceptors (Lipinski definition) is 4. The monoisotopic (exact) mass is 328 g/mol. The molecular formula is C17H20N4OS. The normalized spacial score (nSPS) is 11.1. The van der Waals surface area contributed by atoms with Crippen molar-refractivity contribution in [1.29, 1.82) is 0 Å². The summed E-state index contributed by atoms with van der Waals surface area (Å²) in [5, 5.41) is 8.57. The summed E-state index contributed by atoms with van der Waals surface area (Å²) in [7, 11) is 0. The van der Waals surface area contributed by atoms with Crippen LogP contribution in [0.5, 0.6) is 0 Å². The van der Waals surface area contributed by atoms with Gasteiger partial charge in [0.2, 0.25) is 10.9 Å². The van der Waals surface area contributed by atoms with Crippen LogP contribution in [0.2, 0.25) is 0 Å². The number of carbonyl (C=O) groups is 1. The molecule has 0 aliphatic rings. The Morgan fingerprint density at radius 3 is 2.70 bits per heavy atom. The summed E-state index contributed by atoms with van der Waals surface area (Å²) in [4.78, 5) is 17.6. The van der Waals surface area contributed by atoms with Crippen molar-refractivity contribution in [3.63, 3.8) is 0 Å². The summed E-state index contributed by atoms with van der Waals surface area (Å²) in [6, 6.07) is 8.03. The fourth-order valence-electron chi connectivity index (χ4n) is 2.41. The molecule has 0 aliphatic carbocycles.